The maximum Gasteiger partial charge on any atom is 0.226 e. The Balaban J connectivity index is 1.59. The molecular weight excluding hydrogens is 216 g/mol. The number of ether oxygens (including phenoxy) is 1. The molecule has 2 saturated carbocycles. The van der Waals surface area contributed by atoms with E-state index in [1.54, 1.807) is 0 Å². The van der Waals surface area contributed by atoms with Crippen LogP contribution in [-0.4, -0.2) is 43.2 Å². The fraction of sp³-hybridized carbons (Fsp3) is 0.923. The summed E-state index contributed by atoms with van der Waals surface area (Å²) in [5, 5.41) is 0. The highest BCUT2D eigenvalue weighted by Gasteiger charge is 2.55. The molecule has 0 bridgehead atoms. The lowest BCUT2D eigenvalue weighted by Crippen LogP contribution is -2.48. The molecule has 0 aromatic rings. The summed E-state index contributed by atoms with van der Waals surface area (Å²) in [6.07, 6.45) is 5.23. The molecule has 3 rings (SSSR count). The quantitative estimate of drug-likeness (QED) is 0.767. The zero-order valence-electron chi connectivity index (χ0n) is 10.3. The minimum absolute atomic E-state index is 0.0495. The molecule has 3 fully saturated rings. The van der Waals surface area contributed by atoms with E-state index in [9.17, 15) is 4.79 Å². The largest absolute Gasteiger partial charge is 0.373 e. The SMILES string of the molecule is NCC1CN(C(=O)C2C3CCCCC32)CCO1. The lowest BCUT2D eigenvalue weighted by molar-refractivity contribution is -0.140. The van der Waals surface area contributed by atoms with Crippen molar-refractivity contribution >= 4 is 5.91 Å². The first-order valence-electron chi connectivity index (χ1n) is 6.91. The van der Waals surface area contributed by atoms with Gasteiger partial charge in [0.2, 0.25) is 5.91 Å². The van der Waals surface area contributed by atoms with Crippen LogP contribution >= 0.6 is 0 Å². The van der Waals surface area contributed by atoms with Gasteiger partial charge in [0.15, 0.2) is 0 Å². The van der Waals surface area contributed by atoms with E-state index in [1.807, 2.05) is 4.90 Å². The maximum atomic E-state index is 12.4. The van der Waals surface area contributed by atoms with Crippen LogP contribution in [0.3, 0.4) is 0 Å². The van der Waals surface area contributed by atoms with Gasteiger partial charge >= 0.3 is 0 Å². The second-order valence-electron chi connectivity index (χ2n) is 5.65. The van der Waals surface area contributed by atoms with Gasteiger partial charge in [-0.15, -0.1) is 0 Å². The highest BCUT2D eigenvalue weighted by atomic mass is 16.5. The van der Waals surface area contributed by atoms with Gasteiger partial charge in [-0.3, -0.25) is 4.79 Å². The summed E-state index contributed by atoms with van der Waals surface area (Å²) in [5.41, 5.74) is 5.61. The number of nitrogens with two attached hydrogens (primary N) is 1. The normalized spacial score (nSPS) is 40.9. The second-order valence-corrected chi connectivity index (χ2v) is 5.65. The van der Waals surface area contributed by atoms with Crippen molar-refractivity contribution in [3.05, 3.63) is 0 Å². The summed E-state index contributed by atoms with van der Waals surface area (Å²) < 4.78 is 5.51. The summed E-state index contributed by atoms with van der Waals surface area (Å²) in [5.74, 6) is 2.13. The predicted molar refractivity (Wildman–Crippen MR) is 64.3 cm³/mol. The molecule has 0 aromatic carbocycles. The molecular formula is C13H22N2O2. The van der Waals surface area contributed by atoms with Crippen molar-refractivity contribution in [1.29, 1.82) is 0 Å². The van der Waals surface area contributed by atoms with E-state index in [0.717, 1.165) is 6.54 Å². The number of hydrogen-bond donors (Lipinski definition) is 1. The third kappa shape index (κ3) is 2.08. The molecule has 1 heterocycles. The zero-order valence-corrected chi connectivity index (χ0v) is 10.3. The highest BCUT2D eigenvalue weighted by molar-refractivity contribution is 5.82. The van der Waals surface area contributed by atoms with E-state index >= 15 is 0 Å². The molecule has 2 aliphatic carbocycles. The van der Waals surface area contributed by atoms with Crippen LogP contribution in [-0.2, 0) is 9.53 Å². The van der Waals surface area contributed by atoms with Crippen LogP contribution in [0.15, 0.2) is 0 Å². The number of nitrogens with zero attached hydrogens (tertiary/aromatic N) is 1. The van der Waals surface area contributed by atoms with Gasteiger partial charge in [0, 0.05) is 25.6 Å². The van der Waals surface area contributed by atoms with Crippen LogP contribution in [0, 0.1) is 17.8 Å². The van der Waals surface area contributed by atoms with Gasteiger partial charge in [-0.1, -0.05) is 12.8 Å². The lowest BCUT2D eigenvalue weighted by Gasteiger charge is -2.32. The van der Waals surface area contributed by atoms with Crippen molar-refractivity contribution in [2.75, 3.05) is 26.2 Å². The standard InChI is InChI=1S/C13H22N2O2/c14-7-9-8-15(5-6-17-9)13(16)12-10-3-1-2-4-11(10)12/h9-12H,1-8,14H2. The second kappa shape index (κ2) is 4.58. The Morgan fingerprint density at radius 1 is 1.29 bits per heavy atom. The maximum absolute atomic E-state index is 12.4. The van der Waals surface area contributed by atoms with Gasteiger partial charge in [0.25, 0.3) is 0 Å². The summed E-state index contributed by atoms with van der Waals surface area (Å²) in [7, 11) is 0. The molecule has 96 valence electrons. The Bertz CT molecular complexity index is 296. The fourth-order valence-electron chi connectivity index (χ4n) is 3.63. The predicted octanol–water partition coefficient (Wildman–Crippen LogP) is 0.609. The summed E-state index contributed by atoms with van der Waals surface area (Å²) in [6.45, 7) is 2.62. The Morgan fingerprint density at radius 2 is 2.00 bits per heavy atom. The summed E-state index contributed by atoms with van der Waals surface area (Å²) in [6, 6.07) is 0. The molecule has 17 heavy (non-hydrogen) atoms. The van der Waals surface area contributed by atoms with Crippen molar-refractivity contribution in [2.45, 2.75) is 31.8 Å². The average molecular weight is 238 g/mol. The van der Waals surface area contributed by atoms with E-state index < -0.39 is 0 Å². The number of morpholine rings is 1. The summed E-state index contributed by atoms with van der Waals surface area (Å²) >= 11 is 0. The number of hydrogen-bond acceptors (Lipinski definition) is 3. The van der Waals surface area contributed by atoms with Crippen molar-refractivity contribution < 1.29 is 9.53 Å². The molecule has 1 saturated heterocycles. The number of amides is 1. The molecule has 2 N–H and O–H groups in total. The van der Waals surface area contributed by atoms with Crippen LogP contribution in [0.1, 0.15) is 25.7 Å². The number of carbonyl (C=O) groups is 1. The van der Waals surface area contributed by atoms with E-state index in [2.05, 4.69) is 0 Å². The summed E-state index contributed by atoms with van der Waals surface area (Å²) in [4.78, 5) is 14.4. The van der Waals surface area contributed by atoms with Gasteiger partial charge in [0.05, 0.1) is 12.7 Å². The van der Waals surface area contributed by atoms with Crippen LogP contribution in [0.25, 0.3) is 0 Å². The van der Waals surface area contributed by atoms with E-state index in [-0.39, 0.29) is 6.10 Å². The number of rotatable bonds is 2. The van der Waals surface area contributed by atoms with Crippen LogP contribution in [0.4, 0.5) is 0 Å². The highest BCUT2D eigenvalue weighted by Crippen LogP contribution is 2.56. The molecule has 1 aliphatic heterocycles. The smallest absolute Gasteiger partial charge is 0.226 e. The van der Waals surface area contributed by atoms with Crippen LogP contribution in [0.5, 0.6) is 0 Å². The minimum atomic E-state index is 0.0495. The van der Waals surface area contributed by atoms with Gasteiger partial charge in [0.1, 0.15) is 0 Å². The molecule has 3 aliphatic rings. The van der Waals surface area contributed by atoms with Crippen molar-refractivity contribution in [2.24, 2.45) is 23.5 Å². The molecule has 0 spiro atoms. The molecule has 3 unspecified atom stereocenters. The minimum Gasteiger partial charge on any atom is -0.373 e. The molecule has 4 heteroatoms. The first-order valence-corrected chi connectivity index (χ1v) is 6.91. The Labute approximate surface area is 102 Å². The third-order valence-electron chi connectivity index (χ3n) is 4.66. The number of carbonyl (C=O) groups excluding carboxylic acids is 1. The molecule has 0 radical (unpaired) electrons. The topological polar surface area (TPSA) is 55.6 Å². The molecule has 1 amide bonds. The number of fused-ring (bicyclic) bond motifs is 1. The Hall–Kier alpha value is -0.610. The molecule has 4 nitrogen and oxygen atoms in total. The van der Waals surface area contributed by atoms with Crippen LogP contribution < -0.4 is 5.73 Å². The molecule has 0 aromatic heterocycles. The average Bonchev–Trinajstić information content (AvgIpc) is 3.12. The van der Waals surface area contributed by atoms with E-state index in [4.69, 9.17) is 10.5 Å². The fourth-order valence-corrected chi connectivity index (χ4v) is 3.63. The van der Waals surface area contributed by atoms with Crippen molar-refractivity contribution in [3.63, 3.8) is 0 Å². The van der Waals surface area contributed by atoms with Gasteiger partial charge in [-0.2, -0.15) is 0 Å². The van der Waals surface area contributed by atoms with Gasteiger partial charge in [-0.05, 0) is 24.7 Å². The Kier molecular flexibility index (Phi) is 3.09. The van der Waals surface area contributed by atoms with Crippen molar-refractivity contribution in [3.8, 4) is 0 Å². The van der Waals surface area contributed by atoms with Crippen LogP contribution in [0.2, 0.25) is 0 Å². The van der Waals surface area contributed by atoms with E-state index in [0.29, 0.717) is 43.4 Å². The lowest BCUT2D eigenvalue weighted by atomic mass is 10.0. The first kappa shape index (κ1) is 11.5. The zero-order chi connectivity index (χ0) is 11.8. The monoisotopic (exact) mass is 238 g/mol. The van der Waals surface area contributed by atoms with Gasteiger partial charge < -0.3 is 15.4 Å². The van der Waals surface area contributed by atoms with Gasteiger partial charge in [-0.25, -0.2) is 0 Å². The Morgan fingerprint density at radius 3 is 2.65 bits per heavy atom. The third-order valence-corrected chi connectivity index (χ3v) is 4.66. The first-order chi connectivity index (χ1) is 8.31. The van der Waals surface area contributed by atoms with Crippen molar-refractivity contribution in [1.82, 2.24) is 4.90 Å². The molecule has 3 atom stereocenters. The van der Waals surface area contributed by atoms with E-state index in [1.165, 1.54) is 25.7 Å².